The van der Waals surface area contributed by atoms with Crippen LogP contribution < -0.4 is 11.1 Å². The van der Waals surface area contributed by atoms with E-state index in [0.29, 0.717) is 0 Å². The van der Waals surface area contributed by atoms with Crippen molar-refractivity contribution in [3.63, 3.8) is 0 Å². The molecule has 1 atom stereocenters. The summed E-state index contributed by atoms with van der Waals surface area (Å²) in [5.41, 5.74) is 3.96. The van der Waals surface area contributed by atoms with E-state index < -0.39 is 35.0 Å². The zero-order chi connectivity index (χ0) is 15.0. The number of nitrogens with one attached hydrogen (secondary N) is 1. The number of rotatable bonds is 1. The molecule has 7 heteroatoms. The molecule has 0 aliphatic carbocycles. The number of hydrogen-bond acceptors (Lipinski definition) is 5. The fraction of sp³-hybridized carbons (Fsp3) is 0.750. The average molecular weight is 271 g/mol. The van der Waals surface area contributed by atoms with E-state index in [-0.39, 0.29) is 6.42 Å². The molecule has 1 heterocycles. The summed E-state index contributed by atoms with van der Waals surface area (Å²) < 4.78 is 4.59. The molecule has 0 aromatic heterocycles. The lowest BCUT2D eigenvalue weighted by Gasteiger charge is -2.38. The molecule has 1 aliphatic rings. The second-order valence-electron chi connectivity index (χ2n) is 5.95. The van der Waals surface area contributed by atoms with Gasteiger partial charge in [-0.3, -0.25) is 9.59 Å². The quantitative estimate of drug-likeness (QED) is 0.698. The van der Waals surface area contributed by atoms with Crippen LogP contribution in [0.25, 0.3) is 0 Å². The van der Waals surface area contributed by atoms with Crippen LogP contribution in [-0.4, -0.2) is 47.0 Å². The van der Waals surface area contributed by atoms with Crippen LogP contribution in [0, 0.1) is 0 Å². The molecular formula is C12H21N3O4. The van der Waals surface area contributed by atoms with E-state index in [0.717, 1.165) is 12.0 Å². The van der Waals surface area contributed by atoms with Gasteiger partial charge < -0.3 is 15.8 Å². The molecule has 0 radical (unpaired) electrons. The van der Waals surface area contributed by atoms with Crippen molar-refractivity contribution >= 4 is 17.9 Å². The van der Waals surface area contributed by atoms with Gasteiger partial charge in [0.25, 0.3) is 0 Å². The van der Waals surface area contributed by atoms with Crippen LogP contribution in [0.3, 0.4) is 0 Å². The Kier molecular flexibility index (Phi) is 3.90. The maximum absolute atomic E-state index is 12.2. The molecule has 1 aliphatic heterocycles. The molecule has 0 aromatic carbocycles. The minimum absolute atomic E-state index is 0.0648. The lowest BCUT2D eigenvalue weighted by molar-refractivity contribution is -0.138. The number of nitrogens with two attached hydrogens (primary N) is 1. The summed E-state index contributed by atoms with van der Waals surface area (Å²) in [5, 5.41) is 3.19. The van der Waals surface area contributed by atoms with Gasteiger partial charge in [0, 0.05) is 17.5 Å². The van der Waals surface area contributed by atoms with Crippen molar-refractivity contribution < 1.29 is 19.1 Å². The number of ether oxygens (including phenoxy) is 1. The topological polar surface area (TPSA) is 102 Å². The third-order valence-corrected chi connectivity index (χ3v) is 3.11. The predicted octanol–water partition coefficient (Wildman–Crippen LogP) is -0.0142. The number of methoxy groups -OCH3 is 1. The van der Waals surface area contributed by atoms with E-state index in [4.69, 9.17) is 5.73 Å². The molecule has 108 valence electrons. The third kappa shape index (κ3) is 3.04. The maximum atomic E-state index is 12.2. The summed E-state index contributed by atoms with van der Waals surface area (Å²) in [6, 6.07) is -1.10. The first-order valence-corrected chi connectivity index (χ1v) is 6.00. The minimum atomic E-state index is -1.10. The van der Waals surface area contributed by atoms with Gasteiger partial charge in [-0.2, -0.15) is 0 Å². The summed E-state index contributed by atoms with van der Waals surface area (Å²) >= 11 is 0. The predicted molar refractivity (Wildman–Crippen MR) is 68.1 cm³/mol. The van der Waals surface area contributed by atoms with Crippen molar-refractivity contribution in [2.45, 2.75) is 51.2 Å². The van der Waals surface area contributed by atoms with Gasteiger partial charge in [-0.25, -0.2) is 9.69 Å². The Morgan fingerprint density at radius 2 is 1.89 bits per heavy atom. The van der Waals surface area contributed by atoms with Crippen LogP contribution >= 0.6 is 0 Å². The van der Waals surface area contributed by atoms with Gasteiger partial charge in [0.2, 0.25) is 11.8 Å². The van der Waals surface area contributed by atoms with Crippen LogP contribution in [-0.2, 0) is 14.3 Å². The van der Waals surface area contributed by atoms with Crippen molar-refractivity contribution in [2.24, 2.45) is 5.73 Å². The molecule has 0 aromatic rings. The summed E-state index contributed by atoms with van der Waals surface area (Å²) in [7, 11) is 1.16. The number of primary amides is 1. The number of hydrogen-bond donors (Lipinski definition) is 2. The number of nitrogens with zero attached hydrogens (tertiary/aromatic N) is 1. The molecule has 19 heavy (non-hydrogen) atoms. The largest absolute Gasteiger partial charge is 0.452 e. The molecule has 0 spiro atoms. The molecular weight excluding hydrogens is 250 g/mol. The van der Waals surface area contributed by atoms with Gasteiger partial charge in [0.1, 0.15) is 6.04 Å². The molecule has 0 saturated carbocycles. The Labute approximate surface area is 112 Å². The second-order valence-corrected chi connectivity index (χ2v) is 5.95. The Bertz CT molecular complexity index is 417. The first kappa shape index (κ1) is 15.4. The Morgan fingerprint density at radius 1 is 1.37 bits per heavy atom. The first-order valence-electron chi connectivity index (χ1n) is 6.00. The zero-order valence-corrected chi connectivity index (χ0v) is 11.9. The Balaban J connectivity index is 3.35. The number of carbonyl (C=O) groups excluding carboxylic acids is 3. The Morgan fingerprint density at radius 3 is 2.32 bits per heavy atom. The highest BCUT2D eigenvalue weighted by Gasteiger charge is 2.50. The number of amides is 3. The molecule has 3 N–H and O–H groups in total. The molecule has 1 unspecified atom stereocenters. The third-order valence-electron chi connectivity index (χ3n) is 3.11. The molecule has 1 rings (SSSR count). The van der Waals surface area contributed by atoms with E-state index in [9.17, 15) is 14.4 Å². The van der Waals surface area contributed by atoms with E-state index in [1.807, 2.05) is 13.8 Å². The normalized spacial score (nSPS) is 25.6. The summed E-state index contributed by atoms with van der Waals surface area (Å²) in [5.74, 6) is -1.24. The minimum Gasteiger partial charge on any atom is -0.452 e. The molecule has 1 fully saturated rings. The van der Waals surface area contributed by atoms with E-state index in [2.05, 4.69) is 10.1 Å². The molecule has 3 amide bonds. The summed E-state index contributed by atoms with van der Waals surface area (Å²) in [4.78, 5) is 36.5. The maximum Gasteiger partial charge on any atom is 0.417 e. The summed E-state index contributed by atoms with van der Waals surface area (Å²) in [6.07, 6.45) is -0.809. The molecule has 1 saturated heterocycles. The molecule has 7 nitrogen and oxygen atoms in total. The van der Waals surface area contributed by atoms with Gasteiger partial charge in [-0.15, -0.1) is 0 Å². The van der Waals surface area contributed by atoms with E-state index in [1.54, 1.807) is 13.8 Å². The van der Waals surface area contributed by atoms with Crippen molar-refractivity contribution in [1.82, 2.24) is 10.2 Å². The van der Waals surface area contributed by atoms with Crippen LogP contribution in [0.5, 0.6) is 0 Å². The van der Waals surface area contributed by atoms with Gasteiger partial charge in [0.05, 0.1) is 7.11 Å². The second kappa shape index (κ2) is 4.80. The SMILES string of the molecule is COC(=O)N1C(=O)CC(C)(C)NC(C)(C)C1C(N)=O. The van der Waals surface area contributed by atoms with Crippen LogP contribution in [0.4, 0.5) is 4.79 Å². The van der Waals surface area contributed by atoms with Gasteiger partial charge in [-0.1, -0.05) is 0 Å². The van der Waals surface area contributed by atoms with Crippen molar-refractivity contribution in [3.05, 3.63) is 0 Å². The van der Waals surface area contributed by atoms with Crippen molar-refractivity contribution in [3.8, 4) is 0 Å². The van der Waals surface area contributed by atoms with Gasteiger partial charge in [0.15, 0.2) is 0 Å². The van der Waals surface area contributed by atoms with Gasteiger partial charge in [-0.05, 0) is 27.7 Å². The van der Waals surface area contributed by atoms with Crippen LogP contribution in [0.1, 0.15) is 34.1 Å². The standard InChI is InChI=1S/C12H21N3O4/c1-11(2)6-7(16)15(10(18)19-5)8(9(13)17)12(3,4)14-11/h8,14H,6H2,1-5H3,(H2,13,17). The lowest BCUT2D eigenvalue weighted by atomic mass is 9.90. The lowest BCUT2D eigenvalue weighted by Crippen LogP contribution is -2.64. The zero-order valence-electron chi connectivity index (χ0n) is 11.9. The average Bonchev–Trinajstić information content (AvgIpc) is 2.27. The van der Waals surface area contributed by atoms with E-state index >= 15 is 0 Å². The van der Waals surface area contributed by atoms with E-state index in [1.165, 1.54) is 0 Å². The molecule has 0 bridgehead atoms. The monoisotopic (exact) mass is 271 g/mol. The highest BCUT2D eigenvalue weighted by atomic mass is 16.5. The fourth-order valence-electron chi connectivity index (χ4n) is 2.70. The highest BCUT2D eigenvalue weighted by molar-refractivity contribution is 5.99. The van der Waals surface area contributed by atoms with Crippen molar-refractivity contribution in [2.75, 3.05) is 7.11 Å². The highest BCUT2D eigenvalue weighted by Crippen LogP contribution is 2.27. The van der Waals surface area contributed by atoms with Gasteiger partial charge >= 0.3 is 6.09 Å². The fourth-order valence-corrected chi connectivity index (χ4v) is 2.70. The Hall–Kier alpha value is -1.63. The smallest absolute Gasteiger partial charge is 0.417 e. The summed E-state index contributed by atoms with van der Waals surface area (Å²) in [6.45, 7) is 7.09. The number of imide groups is 1. The van der Waals surface area contributed by atoms with Crippen LogP contribution in [0.2, 0.25) is 0 Å². The number of carbonyl (C=O) groups is 3. The van der Waals surface area contributed by atoms with Crippen LogP contribution in [0.15, 0.2) is 0 Å². The van der Waals surface area contributed by atoms with Crippen molar-refractivity contribution in [1.29, 1.82) is 0 Å². The first-order chi connectivity index (χ1) is 8.52.